The molecule has 0 spiro atoms. The van der Waals surface area contributed by atoms with Crippen molar-refractivity contribution in [2.24, 2.45) is 7.05 Å². The fourth-order valence-corrected chi connectivity index (χ4v) is 3.16. The zero-order chi connectivity index (χ0) is 16.4. The largest absolute Gasteiger partial charge is 0.322 e. The summed E-state index contributed by atoms with van der Waals surface area (Å²) in [6.45, 7) is 3.81. The van der Waals surface area contributed by atoms with Gasteiger partial charge in [-0.1, -0.05) is 36.0 Å². The molecule has 0 unspecified atom stereocenters. The van der Waals surface area contributed by atoms with Crippen molar-refractivity contribution in [2.75, 3.05) is 11.1 Å². The number of nitrogens with one attached hydrogen (secondary N) is 1. The van der Waals surface area contributed by atoms with Crippen molar-refractivity contribution < 1.29 is 4.79 Å². The van der Waals surface area contributed by atoms with Gasteiger partial charge in [-0.05, 0) is 13.8 Å². The molecule has 0 aliphatic carbocycles. The van der Waals surface area contributed by atoms with Crippen LogP contribution >= 0.6 is 11.8 Å². The molecule has 0 aliphatic rings. The van der Waals surface area contributed by atoms with Gasteiger partial charge in [-0.15, -0.1) is 5.10 Å². The molecule has 3 aromatic rings. The summed E-state index contributed by atoms with van der Waals surface area (Å²) in [5.41, 5.74) is 2.53. The Kier molecular flexibility index (Phi) is 4.29. The zero-order valence-corrected chi connectivity index (χ0v) is 14.0. The molecule has 0 atom stereocenters. The van der Waals surface area contributed by atoms with E-state index in [-0.39, 0.29) is 11.7 Å². The van der Waals surface area contributed by atoms with Gasteiger partial charge in [0, 0.05) is 17.8 Å². The predicted octanol–water partition coefficient (Wildman–Crippen LogP) is 2.71. The van der Waals surface area contributed by atoms with Crippen LogP contribution in [0.4, 0.5) is 5.69 Å². The Morgan fingerprint density at radius 1 is 1.30 bits per heavy atom. The quantitative estimate of drug-likeness (QED) is 0.746. The number of amides is 1. The maximum atomic E-state index is 12.2. The number of carbonyl (C=O) groups is 1. The molecule has 0 radical (unpaired) electrons. The van der Waals surface area contributed by atoms with E-state index in [0.29, 0.717) is 0 Å². The van der Waals surface area contributed by atoms with Crippen LogP contribution in [0.2, 0.25) is 0 Å². The van der Waals surface area contributed by atoms with Gasteiger partial charge in [0.15, 0.2) is 0 Å². The van der Waals surface area contributed by atoms with Crippen molar-refractivity contribution in [3.05, 3.63) is 41.9 Å². The molecule has 2 heterocycles. The lowest BCUT2D eigenvalue weighted by molar-refractivity contribution is -0.113. The van der Waals surface area contributed by atoms with E-state index in [2.05, 4.69) is 20.6 Å². The second-order valence-corrected chi connectivity index (χ2v) is 6.21. The number of aryl methyl sites for hydroxylation is 2. The number of anilines is 1. The van der Waals surface area contributed by atoms with Gasteiger partial charge in [-0.25, -0.2) is 0 Å². The Balaban J connectivity index is 1.71. The van der Waals surface area contributed by atoms with Crippen LogP contribution in [-0.4, -0.2) is 31.6 Å². The van der Waals surface area contributed by atoms with Crippen LogP contribution < -0.4 is 5.32 Å². The molecule has 0 saturated carbocycles. The summed E-state index contributed by atoms with van der Waals surface area (Å²) in [7, 11) is 1.86. The molecular weight excluding hydrogens is 310 g/mol. The lowest BCUT2D eigenvalue weighted by Crippen LogP contribution is -2.15. The molecule has 23 heavy (non-hydrogen) atoms. The number of nitrogens with zero attached hydrogens (tertiary/aromatic N) is 4. The first kappa shape index (κ1) is 15.5. The molecule has 118 valence electrons. The van der Waals surface area contributed by atoms with Gasteiger partial charge in [0.05, 0.1) is 29.0 Å². The van der Waals surface area contributed by atoms with E-state index in [0.717, 1.165) is 32.9 Å². The van der Waals surface area contributed by atoms with Crippen molar-refractivity contribution in [2.45, 2.75) is 18.9 Å². The van der Waals surface area contributed by atoms with Crippen LogP contribution in [0.15, 0.2) is 35.5 Å². The van der Waals surface area contributed by atoms with Crippen LogP contribution in [0.25, 0.3) is 10.8 Å². The van der Waals surface area contributed by atoms with Gasteiger partial charge in [-0.3, -0.25) is 9.48 Å². The minimum atomic E-state index is -0.0797. The summed E-state index contributed by atoms with van der Waals surface area (Å²) in [6, 6.07) is 7.88. The van der Waals surface area contributed by atoms with Crippen LogP contribution in [-0.2, 0) is 11.8 Å². The van der Waals surface area contributed by atoms with Crippen LogP contribution in [0.1, 0.15) is 11.4 Å². The molecule has 0 fully saturated rings. The fraction of sp³-hybridized carbons (Fsp3) is 0.250. The molecule has 1 amide bonds. The van der Waals surface area contributed by atoms with Gasteiger partial charge in [0.2, 0.25) is 5.91 Å². The predicted molar refractivity (Wildman–Crippen MR) is 91.6 cm³/mol. The van der Waals surface area contributed by atoms with E-state index in [1.54, 1.807) is 10.9 Å². The summed E-state index contributed by atoms with van der Waals surface area (Å²) in [5, 5.41) is 18.1. The third-order valence-electron chi connectivity index (χ3n) is 3.65. The first-order valence-corrected chi connectivity index (χ1v) is 8.18. The summed E-state index contributed by atoms with van der Waals surface area (Å²) >= 11 is 1.38. The van der Waals surface area contributed by atoms with Gasteiger partial charge in [-0.2, -0.15) is 10.2 Å². The SMILES string of the molecule is Cc1nn(C)c(C)c1NC(=O)CSc1nncc2ccccc12. The van der Waals surface area contributed by atoms with E-state index in [4.69, 9.17) is 0 Å². The number of rotatable bonds is 4. The standard InChI is InChI=1S/C16H17N5OS/c1-10-15(11(2)21(3)20-10)18-14(22)9-23-16-13-7-5-4-6-12(13)8-17-19-16/h4-8H,9H2,1-3H3,(H,18,22). The molecule has 7 heteroatoms. The van der Waals surface area contributed by atoms with E-state index in [9.17, 15) is 4.79 Å². The highest BCUT2D eigenvalue weighted by atomic mass is 32.2. The second-order valence-electron chi connectivity index (χ2n) is 5.24. The van der Waals surface area contributed by atoms with Gasteiger partial charge in [0.25, 0.3) is 0 Å². The zero-order valence-electron chi connectivity index (χ0n) is 13.2. The number of carbonyl (C=O) groups excluding carboxylic acids is 1. The summed E-state index contributed by atoms with van der Waals surface area (Å²) in [5.74, 6) is 0.195. The Morgan fingerprint density at radius 3 is 2.83 bits per heavy atom. The molecule has 0 aliphatic heterocycles. The Labute approximate surface area is 138 Å². The third-order valence-corrected chi connectivity index (χ3v) is 4.63. The maximum Gasteiger partial charge on any atom is 0.234 e. The smallest absolute Gasteiger partial charge is 0.234 e. The Hall–Kier alpha value is -2.41. The van der Waals surface area contributed by atoms with Crippen molar-refractivity contribution >= 4 is 34.1 Å². The Bertz CT molecular complexity index is 869. The van der Waals surface area contributed by atoms with Crippen molar-refractivity contribution in [3.8, 4) is 0 Å². The highest BCUT2D eigenvalue weighted by Gasteiger charge is 2.13. The number of hydrogen-bond donors (Lipinski definition) is 1. The summed E-state index contributed by atoms with van der Waals surface area (Å²) < 4.78 is 1.76. The van der Waals surface area contributed by atoms with Gasteiger partial charge in [0.1, 0.15) is 5.03 Å². The molecule has 0 saturated heterocycles. The average molecular weight is 327 g/mol. The normalized spacial score (nSPS) is 10.9. The lowest BCUT2D eigenvalue weighted by Gasteiger charge is -2.06. The first-order valence-electron chi connectivity index (χ1n) is 7.19. The number of thioether (sulfide) groups is 1. The molecule has 1 aromatic carbocycles. The number of fused-ring (bicyclic) bond motifs is 1. The number of benzene rings is 1. The Morgan fingerprint density at radius 2 is 2.09 bits per heavy atom. The van der Waals surface area contributed by atoms with E-state index >= 15 is 0 Å². The van der Waals surface area contributed by atoms with Crippen molar-refractivity contribution in [1.29, 1.82) is 0 Å². The maximum absolute atomic E-state index is 12.2. The van der Waals surface area contributed by atoms with E-state index in [1.165, 1.54) is 11.8 Å². The average Bonchev–Trinajstić information content (AvgIpc) is 2.79. The molecule has 3 rings (SSSR count). The van der Waals surface area contributed by atoms with Crippen LogP contribution in [0, 0.1) is 13.8 Å². The number of aromatic nitrogens is 4. The third kappa shape index (κ3) is 3.19. The van der Waals surface area contributed by atoms with Crippen LogP contribution in [0.3, 0.4) is 0 Å². The molecule has 1 N–H and O–H groups in total. The number of hydrogen-bond acceptors (Lipinski definition) is 5. The minimum absolute atomic E-state index is 0.0797. The molecule has 2 aromatic heterocycles. The topological polar surface area (TPSA) is 72.7 Å². The summed E-state index contributed by atoms with van der Waals surface area (Å²) in [4.78, 5) is 12.2. The highest BCUT2D eigenvalue weighted by Crippen LogP contribution is 2.25. The van der Waals surface area contributed by atoms with Gasteiger partial charge < -0.3 is 5.32 Å². The van der Waals surface area contributed by atoms with Crippen LogP contribution in [0.5, 0.6) is 0 Å². The van der Waals surface area contributed by atoms with Crippen molar-refractivity contribution in [3.63, 3.8) is 0 Å². The summed E-state index contributed by atoms with van der Waals surface area (Å²) in [6.07, 6.45) is 1.72. The van der Waals surface area contributed by atoms with Crippen molar-refractivity contribution in [1.82, 2.24) is 20.0 Å². The minimum Gasteiger partial charge on any atom is -0.322 e. The lowest BCUT2D eigenvalue weighted by atomic mass is 10.2. The molecule has 0 bridgehead atoms. The molecule has 6 nitrogen and oxygen atoms in total. The fourth-order valence-electron chi connectivity index (χ4n) is 2.37. The van der Waals surface area contributed by atoms with E-state index in [1.807, 2.05) is 45.2 Å². The monoisotopic (exact) mass is 327 g/mol. The first-order chi connectivity index (χ1) is 11.1. The van der Waals surface area contributed by atoms with Gasteiger partial charge >= 0.3 is 0 Å². The van der Waals surface area contributed by atoms with E-state index < -0.39 is 0 Å². The second kappa shape index (κ2) is 6.37. The highest BCUT2D eigenvalue weighted by molar-refractivity contribution is 8.00. The molecular formula is C16H17N5OS.